The Hall–Kier alpha value is -4.00. The third-order valence-electron chi connectivity index (χ3n) is 5.66. The molecule has 0 aliphatic carbocycles. The molecular weight excluding hydrogens is 428 g/mol. The Morgan fingerprint density at radius 3 is 2.53 bits per heavy atom. The third-order valence-corrected chi connectivity index (χ3v) is 5.66. The number of aryl methyl sites for hydroxylation is 1. The first-order valence-corrected chi connectivity index (χ1v) is 11.4. The van der Waals surface area contributed by atoms with Gasteiger partial charge in [0.1, 0.15) is 0 Å². The van der Waals surface area contributed by atoms with Crippen molar-refractivity contribution in [3.8, 4) is 11.1 Å². The molecule has 0 fully saturated rings. The van der Waals surface area contributed by atoms with Crippen molar-refractivity contribution >= 4 is 23.3 Å². The fourth-order valence-corrected chi connectivity index (χ4v) is 3.87. The van der Waals surface area contributed by atoms with Gasteiger partial charge in [0.15, 0.2) is 0 Å². The molecule has 0 saturated carbocycles. The fraction of sp³-hybridized carbons (Fsp3) is 0.259. The molecule has 1 N–H and O–H groups in total. The maximum Gasteiger partial charge on any atom is 0.410 e. The Morgan fingerprint density at radius 2 is 1.88 bits per heavy atom. The van der Waals surface area contributed by atoms with Gasteiger partial charge in [0.05, 0.1) is 30.6 Å². The molecule has 4 rings (SSSR count). The molecule has 0 bridgehead atoms. The highest BCUT2D eigenvalue weighted by molar-refractivity contribution is 5.92. The predicted octanol–water partition coefficient (Wildman–Crippen LogP) is 4.88. The zero-order valence-corrected chi connectivity index (χ0v) is 19.5. The van der Waals surface area contributed by atoms with Gasteiger partial charge in [0.25, 0.3) is 0 Å². The number of pyridine rings is 2. The number of carbonyl (C=O) groups is 2. The average molecular weight is 457 g/mol. The van der Waals surface area contributed by atoms with E-state index in [-0.39, 0.29) is 18.4 Å². The maximum atomic E-state index is 12.5. The number of nitrogens with zero attached hydrogens (tertiary/aromatic N) is 3. The zero-order chi connectivity index (χ0) is 23.9. The van der Waals surface area contributed by atoms with Gasteiger partial charge in [-0.25, -0.2) is 4.79 Å². The molecule has 3 aromatic rings. The van der Waals surface area contributed by atoms with Crippen molar-refractivity contribution < 1.29 is 14.3 Å². The van der Waals surface area contributed by atoms with E-state index in [1.54, 1.807) is 24.2 Å². The Morgan fingerprint density at radius 1 is 1.06 bits per heavy atom. The molecule has 1 aromatic carbocycles. The number of ether oxygens (including phenoxy) is 1. The first kappa shape index (κ1) is 23.2. The Bertz CT molecular complexity index is 1190. The number of anilines is 1. The molecule has 1 aliphatic rings. The zero-order valence-electron chi connectivity index (χ0n) is 19.5. The number of carbonyl (C=O) groups excluding carboxylic acids is 2. The van der Waals surface area contributed by atoms with E-state index in [4.69, 9.17) is 4.74 Å². The van der Waals surface area contributed by atoms with Gasteiger partial charge in [0, 0.05) is 25.0 Å². The van der Waals surface area contributed by atoms with Crippen molar-refractivity contribution in [2.75, 3.05) is 25.0 Å². The minimum Gasteiger partial charge on any atom is -0.450 e. The second-order valence-electron chi connectivity index (χ2n) is 8.16. The van der Waals surface area contributed by atoms with Crippen LogP contribution in [0.3, 0.4) is 0 Å². The SMILES string of the molecule is CCOC(=O)N1CC=C(c2ccc(NC(=O)Cc3ccc(-c4ccnc(C)c4)cc3)cn2)CC1. The lowest BCUT2D eigenvalue weighted by atomic mass is 10.0. The molecule has 34 heavy (non-hydrogen) atoms. The largest absolute Gasteiger partial charge is 0.450 e. The molecule has 0 unspecified atom stereocenters. The van der Waals surface area contributed by atoms with E-state index < -0.39 is 0 Å². The number of hydrogen-bond donors (Lipinski definition) is 1. The third kappa shape index (κ3) is 5.86. The van der Waals surface area contributed by atoms with E-state index >= 15 is 0 Å². The average Bonchev–Trinajstić information content (AvgIpc) is 2.85. The van der Waals surface area contributed by atoms with Crippen LogP contribution < -0.4 is 5.32 Å². The van der Waals surface area contributed by atoms with Crippen molar-refractivity contribution in [3.63, 3.8) is 0 Å². The summed E-state index contributed by atoms with van der Waals surface area (Å²) in [6.07, 6.45) is 6.18. The summed E-state index contributed by atoms with van der Waals surface area (Å²) in [5, 5.41) is 2.91. The van der Waals surface area contributed by atoms with Gasteiger partial charge in [-0.15, -0.1) is 0 Å². The van der Waals surface area contributed by atoms with E-state index in [9.17, 15) is 9.59 Å². The number of rotatable bonds is 6. The molecule has 2 amide bonds. The highest BCUT2D eigenvalue weighted by atomic mass is 16.6. The molecule has 2 aromatic heterocycles. The Balaban J connectivity index is 1.31. The quantitative estimate of drug-likeness (QED) is 0.572. The molecule has 7 heteroatoms. The van der Waals surface area contributed by atoms with Crippen molar-refractivity contribution in [1.82, 2.24) is 14.9 Å². The standard InChI is InChI=1S/C27H28N4O3/c1-3-34-27(33)31-14-11-22(12-15-31)25-9-8-24(18-29-25)30-26(32)17-20-4-6-21(7-5-20)23-10-13-28-19(2)16-23/h4-11,13,16,18H,3,12,14-15,17H2,1-2H3,(H,30,32). The predicted molar refractivity (Wildman–Crippen MR) is 132 cm³/mol. The van der Waals surface area contributed by atoms with Crippen LogP contribution in [0.15, 0.2) is 67.0 Å². The lowest BCUT2D eigenvalue weighted by molar-refractivity contribution is -0.115. The van der Waals surface area contributed by atoms with Gasteiger partial charge in [-0.1, -0.05) is 30.3 Å². The highest BCUT2D eigenvalue weighted by Crippen LogP contribution is 2.23. The smallest absolute Gasteiger partial charge is 0.410 e. The molecule has 174 valence electrons. The Kier molecular flexibility index (Phi) is 7.32. The van der Waals surface area contributed by atoms with E-state index in [0.29, 0.717) is 31.8 Å². The molecule has 1 aliphatic heterocycles. The van der Waals surface area contributed by atoms with Gasteiger partial charge in [0.2, 0.25) is 5.91 Å². The van der Waals surface area contributed by atoms with Crippen LogP contribution >= 0.6 is 0 Å². The molecular formula is C27H28N4O3. The molecule has 0 spiro atoms. The molecule has 7 nitrogen and oxygen atoms in total. The summed E-state index contributed by atoms with van der Waals surface area (Å²) in [7, 11) is 0. The molecule has 0 atom stereocenters. The first-order chi connectivity index (χ1) is 16.5. The van der Waals surface area contributed by atoms with E-state index in [2.05, 4.69) is 15.3 Å². The van der Waals surface area contributed by atoms with Crippen LogP contribution in [0.4, 0.5) is 10.5 Å². The van der Waals surface area contributed by atoms with Gasteiger partial charge in [-0.3, -0.25) is 14.8 Å². The van der Waals surface area contributed by atoms with Crippen LogP contribution in [0, 0.1) is 6.92 Å². The summed E-state index contributed by atoms with van der Waals surface area (Å²) in [6.45, 7) is 5.25. The van der Waals surface area contributed by atoms with Crippen molar-refractivity contribution in [3.05, 3.63) is 84.0 Å². The Labute approximate surface area is 199 Å². The van der Waals surface area contributed by atoms with Gasteiger partial charge in [-0.05, 0) is 66.8 Å². The monoisotopic (exact) mass is 456 g/mol. The second-order valence-corrected chi connectivity index (χ2v) is 8.16. The van der Waals surface area contributed by atoms with Crippen molar-refractivity contribution in [2.45, 2.75) is 26.7 Å². The maximum absolute atomic E-state index is 12.5. The minimum atomic E-state index is -0.286. The number of aromatic nitrogens is 2. The van der Waals surface area contributed by atoms with Crippen LogP contribution in [0.5, 0.6) is 0 Å². The number of benzene rings is 1. The number of nitrogens with one attached hydrogen (secondary N) is 1. The summed E-state index contributed by atoms with van der Waals surface area (Å²) in [5.74, 6) is -0.0935. The first-order valence-electron chi connectivity index (χ1n) is 11.4. The summed E-state index contributed by atoms with van der Waals surface area (Å²) in [4.78, 5) is 34.7. The van der Waals surface area contributed by atoms with Gasteiger partial charge in [-0.2, -0.15) is 0 Å². The molecule has 0 radical (unpaired) electrons. The summed E-state index contributed by atoms with van der Waals surface area (Å²) in [6, 6.07) is 15.8. The molecule has 0 saturated heterocycles. The van der Waals surface area contributed by atoms with Gasteiger partial charge >= 0.3 is 6.09 Å². The van der Waals surface area contributed by atoms with E-state index in [1.807, 2.05) is 61.5 Å². The number of hydrogen-bond acceptors (Lipinski definition) is 5. The molecule has 3 heterocycles. The van der Waals surface area contributed by atoms with Crippen LogP contribution in [0.25, 0.3) is 16.7 Å². The highest BCUT2D eigenvalue weighted by Gasteiger charge is 2.19. The van der Waals surface area contributed by atoms with Gasteiger partial charge < -0.3 is 15.0 Å². The summed E-state index contributed by atoms with van der Waals surface area (Å²) in [5.41, 5.74) is 6.70. The van der Waals surface area contributed by atoms with Crippen molar-refractivity contribution in [1.29, 1.82) is 0 Å². The van der Waals surface area contributed by atoms with E-state index in [1.165, 1.54) is 0 Å². The minimum absolute atomic E-state index is 0.0935. The lowest BCUT2D eigenvalue weighted by Crippen LogP contribution is -2.35. The van der Waals surface area contributed by atoms with Crippen LogP contribution in [0.2, 0.25) is 0 Å². The number of amides is 2. The normalized spacial score (nSPS) is 13.2. The van der Waals surface area contributed by atoms with Crippen molar-refractivity contribution in [2.24, 2.45) is 0 Å². The topological polar surface area (TPSA) is 84.4 Å². The lowest BCUT2D eigenvalue weighted by Gasteiger charge is -2.25. The van der Waals surface area contributed by atoms with Crippen LogP contribution in [0.1, 0.15) is 30.3 Å². The summed E-state index contributed by atoms with van der Waals surface area (Å²) >= 11 is 0. The summed E-state index contributed by atoms with van der Waals surface area (Å²) < 4.78 is 5.05. The van der Waals surface area contributed by atoms with Crippen LogP contribution in [-0.4, -0.2) is 46.6 Å². The van der Waals surface area contributed by atoms with Crippen LogP contribution in [-0.2, 0) is 16.0 Å². The fourth-order valence-electron chi connectivity index (χ4n) is 3.87. The second kappa shape index (κ2) is 10.7. The van der Waals surface area contributed by atoms with E-state index in [0.717, 1.165) is 33.7 Å².